The van der Waals surface area contributed by atoms with E-state index in [4.69, 9.17) is 0 Å². The van der Waals surface area contributed by atoms with E-state index in [1.54, 1.807) is 6.92 Å². The molecule has 1 nitrogen and oxygen atoms in total. The van der Waals surface area contributed by atoms with Crippen molar-refractivity contribution in [1.82, 2.24) is 4.98 Å². The second-order valence-electron chi connectivity index (χ2n) is 7.66. The van der Waals surface area contributed by atoms with Gasteiger partial charge in [0.25, 0.3) is 0 Å². The van der Waals surface area contributed by atoms with Crippen molar-refractivity contribution in [3.8, 4) is 22.4 Å². The fourth-order valence-corrected chi connectivity index (χ4v) is 3.66. The number of nitrogens with zero attached hydrogens (tertiary/aromatic N) is 1. The van der Waals surface area contributed by atoms with Crippen molar-refractivity contribution in [1.29, 1.82) is 0 Å². The van der Waals surface area contributed by atoms with E-state index in [2.05, 4.69) is 54.0 Å². The summed E-state index contributed by atoms with van der Waals surface area (Å²) in [5, 5.41) is 0. The fourth-order valence-electron chi connectivity index (χ4n) is 3.66. The Morgan fingerprint density at radius 3 is 2.45 bits per heavy atom. The van der Waals surface area contributed by atoms with Gasteiger partial charge in [0, 0.05) is 11.8 Å². The summed E-state index contributed by atoms with van der Waals surface area (Å²) in [5.74, 6) is 0. The van der Waals surface area contributed by atoms with Crippen LogP contribution in [0.4, 0.5) is 4.39 Å². The Kier molecular flexibility index (Phi) is 7.75. The summed E-state index contributed by atoms with van der Waals surface area (Å²) in [4.78, 5) is 4.51. The molecule has 1 aromatic heterocycles. The molecule has 0 amide bonds. The molecule has 0 aliphatic heterocycles. The molecule has 0 bridgehead atoms. The monoisotopic (exact) mass is 387 g/mol. The van der Waals surface area contributed by atoms with Gasteiger partial charge in [-0.1, -0.05) is 61.4 Å². The van der Waals surface area contributed by atoms with Crippen LogP contribution < -0.4 is 0 Å². The molecule has 0 aliphatic rings. The van der Waals surface area contributed by atoms with E-state index in [1.807, 2.05) is 30.5 Å². The lowest BCUT2D eigenvalue weighted by molar-refractivity contribution is 0.330. The fraction of sp³-hybridized carbons (Fsp3) is 0.296. The Morgan fingerprint density at radius 1 is 0.966 bits per heavy atom. The minimum atomic E-state index is -0.697. The van der Waals surface area contributed by atoms with Crippen molar-refractivity contribution in [2.24, 2.45) is 0 Å². The van der Waals surface area contributed by atoms with Gasteiger partial charge >= 0.3 is 0 Å². The number of unbranched alkanes of at least 4 members (excludes halogenated alkanes) is 2. The quantitative estimate of drug-likeness (QED) is 0.258. The van der Waals surface area contributed by atoms with Gasteiger partial charge < -0.3 is 0 Å². The zero-order chi connectivity index (χ0) is 20.5. The highest BCUT2D eigenvalue weighted by Crippen LogP contribution is 2.30. The topological polar surface area (TPSA) is 12.9 Å². The Hall–Kier alpha value is -2.74. The molecule has 0 saturated heterocycles. The van der Waals surface area contributed by atoms with E-state index >= 15 is 0 Å². The van der Waals surface area contributed by atoms with Crippen LogP contribution in [0.3, 0.4) is 0 Å². The van der Waals surface area contributed by atoms with E-state index in [0.717, 1.165) is 43.4 Å². The van der Waals surface area contributed by atoms with Gasteiger partial charge in [0.1, 0.15) is 0 Å². The minimum Gasteiger partial charge on any atom is -0.256 e. The third kappa shape index (κ3) is 6.12. The molecule has 1 heterocycles. The number of alkyl halides is 1. The Labute approximate surface area is 174 Å². The van der Waals surface area contributed by atoms with Crippen molar-refractivity contribution in [3.05, 3.63) is 90.6 Å². The van der Waals surface area contributed by atoms with Crippen LogP contribution in [0.15, 0.2) is 79.5 Å². The molecule has 3 aromatic rings. The molecule has 0 saturated carbocycles. The summed E-state index contributed by atoms with van der Waals surface area (Å²) < 4.78 is 13.0. The van der Waals surface area contributed by atoms with E-state index in [1.165, 1.54) is 22.3 Å². The van der Waals surface area contributed by atoms with E-state index in [9.17, 15) is 4.39 Å². The highest BCUT2D eigenvalue weighted by Gasteiger charge is 2.09. The van der Waals surface area contributed by atoms with Crippen molar-refractivity contribution in [2.75, 3.05) is 0 Å². The van der Waals surface area contributed by atoms with Gasteiger partial charge in [0.05, 0.1) is 11.9 Å². The van der Waals surface area contributed by atoms with Crippen molar-refractivity contribution >= 4 is 0 Å². The molecule has 2 aromatic carbocycles. The average Bonchev–Trinajstić information content (AvgIpc) is 2.75. The van der Waals surface area contributed by atoms with Crippen LogP contribution in [0.1, 0.15) is 43.7 Å². The largest absolute Gasteiger partial charge is 0.256 e. The summed E-state index contributed by atoms with van der Waals surface area (Å²) >= 11 is 0. The van der Waals surface area contributed by atoms with Gasteiger partial charge in [-0.05, 0) is 73.1 Å². The first-order valence-electron chi connectivity index (χ1n) is 10.6. The maximum absolute atomic E-state index is 13.0. The number of aryl methyl sites for hydroxylation is 1. The molecule has 0 radical (unpaired) electrons. The van der Waals surface area contributed by atoms with Crippen molar-refractivity contribution in [3.63, 3.8) is 0 Å². The normalized spacial score (nSPS) is 11.9. The van der Waals surface area contributed by atoms with Gasteiger partial charge in [0.15, 0.2) is 0 Å². The Morgan fingerprint density at radius 2 is 1.76 bits per heavy atom. The molecular weight excluding hydrogens is 357 g/mol. The molecule has 1 atom stereocenters. The lowest BCUT2D eigenvalue weighted by Gasteiger charge is -2.13. The smallest absolute Gasteiger partial charge is 0.0973 e. The first-order valence-corrected chi connectivity index (χ1v) is 10.6. The van der Waals surface area contributed by atoms with E-state index in [0.29, 0.717) is 6.42 Å². The van der Waals surface area contributed by atoms with Gasteiger partial charge in [-0.3, -0.25) is 4.98 Å². The molecule has 0 N–H and O–H groups in total. The summed E-state index contributed by atoms with van der Waals surface area (Å²) in [6, 6.07) is 21.4. The molecular formula is C27H30FN. The van der Waals surface area contributed by atoms with Gasteiger partial charge in [-0.25, -0.2) is 4.39 Å². The number of aromatic nitrogens is 1. The second kappa shape index (κ2) is 10.7. The summed E-state index contributed by atoms with van der Waals surface area (Å²) in [6.45, 7) is 5.47. The Balaban J connectivity index is 1.85. The van der Waals surface area contributed by atoms with E-state index in [-0.39, 0.29) is 0 Å². The van der Waals surface area contributed by atoms with Crippen LogP contribution in [-0.4, -0.2) is 11.2 Å². The summed E-state index contributed by atoms with van der Waals surface area (Å²) in [5.41, 5.74) is 7.22. The van der Waals surface area contributed by atoms with Crippen LogP contribution >= 0.6 is 0 Å². The maximum Gasteiger partial charge on any atom is 0.0973 e. The third-order valence-electron chi connectivity index (χ3n) is 5.26. The SMILES string of the molecule is C=CCc1ccc(-c2cc(-c3ccccn3)ccc2CCCCCC(C)F)cc1. The number of pyridine rings is 1. The lowest BCUT2D eigenvalue weighted by atomic mass is 9.92. The molecule has 0 fully saturated rings. The summed E-state index contributed by atoms with van der Waals surface area (Å²) in [6.07, 6.45) is 8.72. The van der Waals surface area contributed by atoms with Gasteiger partial charge in [-0.15, -0.1) is 6.58 Å². The van der Waals surface area contributed by atoms with Crippen LogP contribution in [0.5, 0.6) is 0 Å². The van der Waals surface area contributed by atoms with Crippen LogP contribution in [0.25, 0.3) is 22.4 Å². The first-order chi connectivity index (χ1) is 14.2. The predicted molar refractivity (Wildman–Crippen MR) is 122 cm³/mol. The average molecular weight is 388 g/mol. The number of benzene rings is 2. The highest BCUT2D eigenvalue weighted by molar-refractivity contribution is 5.74. The van der Waals surface area contributed by atoms with Gasteiger partial charge in [0.2, 0.25) is 0 Å². The number of halogens is 1. The number of hydrogen-bond donors (Lipinski definition) is 0. The van der Waals surface area contributed by atoms with Crippen LogP contribution in [0.2, 0.25) is 0 Å². The lowest BCUT2D eigenvalue weighted by Crippen LogP contribution is -1.95. The minimum absolute atomic E-state index is 0.663. The zero-order valence-electron chi connectivity index (χ0n) is 17.3. The number of hydrogen-bond acceptors (Lipinski definition) is 1. The molecule has 0 aliphatic carbocycles. The molecule has 29 heavy (non-hydrogen) atoms. The first kappa shape index (κ1) is 21.0. The van der Waals surface area contributed by atoms with E-state index < -0.39 is 6.17 Å². The van der Waals surface area contributed by atoms with Crippen molar-refractivity contribution < 1.29 is 4.39 Å². The second-order valence-corrected chi connectivity index (χ2v) is 7.66. The maximum atomic E-state index is 13.0. The third-order valence-corrected chi connectivity index (χ3v) is 5.26. The number of allylic oxidation sites excluding steroid dienone is 1. The Bertz CT molecular complexity index is 898. The standard InChI is InChI=1S/C27H30FN/c1-3-9-22-13-15-24(16-14-22)26-20-25(27-12-7-8-19-29-27)18-17-23(26)11-6-4-5-10-21(2)28/h3,7-8,12-21H,1,4-6,9-11H2,2H3. The predicted octanol–water partition coefficient (Wildman–Crippen LogP) is 7.61. The van der Waals surface area contributed by atoms with Crippen molar-refractivity contribution in [2.45, 2.75) is 51.6 Å². The van der Waals surface area contributed by atoms with Crippen LogP contribution in [-0.2, 0) is 12.8 Å². The molecule has 0 spiro atoms. The number of rotatable bonds is 10. The van der Waals surface area contributed by atoms with Gasteiger partial charge in [-0.2, -0.15) is 0 Å². The molecule has 3 rings (SSSR count). The zero-order valence-corrected chi connectivity index (χ0v) is 17.3. The molecule has 2 heteroatoms. The van der Waals surface area contributed by atoms with Crippen LogP contribution in [0, 0.1) is 0 Å². The summed E-state index contributed by atoms with van der Waals surface area (Å²) in [7, 11) is 0. The molecule has 1 unspecified atom stereocenters. The highest BCUT2D eigenvalue weighted by atomic mass is 19.1. The molecule has 150 valence electrons.